The van der Waals surface area contributed by atoms with E-state index in [4.69, 9.17) is 26.2 Å². The molecule has 0 aliphatic heterocycles. The van der Waals surface area contributed by atoms with Crippen molar-refractivity contribution in [1.29, 1.82) is 0 Å². The highest BCUT2D eigenvalue weighted by Gasteiger charge is 2.28. The van der Waals surface area contributed by atoms with Gasteiger partial charge >= 0.3 is 0 Å². The number of hydrogen-bond acceptors (Lipinski definition) is 6. The van der Waals surface area contributed by atoms with Gasteiger partial charge in [-0.3, -0.25) is 0 Å². The lowest BCUT2D eigenvalue weighted by Crippen LogP contribution is -2.49. The molecule has 0 radical (unpaired) electrons. The van der Waals surface area contributed by atoms with Crippen LogP contribution >= 0.6 is 24.0 Å². The third-order valence-electron chi connectivity index (χ3n) is 1.48. The summed E-state index contributed by atoms with van der Waals surface area (Å²) in [6.07, 6.45) is -4.43. The predicted molar refractivity (Wildman–Crippen MR) is 54.6 cm³/mol. The SMILES string of the molecule is I.NC(C=O)C(O)C(O)C(O)CO. The van der Waals surface area contributed by atoms with Gasteiger partial charge in [0.2, 0.25) is 0 Å². The second-order valence-corrected chi connectivity index (χ2v) is 2.44. The summed E-state index contributed by atoms with van der Waals surface area (Å²) in [5, 5.41) is 35.2. The quantitative estimate of drug-likeness (QED) is 0.276. The van der Waals surface area contributed by atoms with Gasteiger partial charge in [-0.1, -0.05) is 0 Å². The Balaban J connectivity index is 0. The maximum absolute atomic E-state index is 10.0. The first-order valence-electron chi connectivity index (χ1n) is 3.40. The molecule has 6 N–H and O–H groups in total. The van der Waals surface area contributed by atoms with Crippen LogP contribution in [0.2, 0.25) is 0 Å². The average molecular weight is 307 g/mol. The van der Waals surface area contributed by atoms with Crippen LogP contribution in [0.25, 0.3) is 0 Å². The van der Waals surface area contributed by atoms with Crippen molar-refractivity contribution in [3.8, 4) is 0 Å². The largest absolute Gasteiger partial charge is 0.394 e. The number of rotatable bonds is 5. The van der Waals surface area contributed by atoms with E-state index in [2.05, 4.69) is 0 Å². The molecule has 0 spiro atoms. The number of aliphatic hydroxyl groups is 4. The number of aldehydes is 1. The van der Waals surface area contributed by atoms with Gasteiger partial charge in [0.1, 0.15) is 24.6 Å². The molecule has 0 fully saturated rings. The van der Waals surface area contributed by atoms with Crippen molar-refractivity contribution in [2.75, 3.05) is 6.61 Å². The summed E-state index contributed by atoms with van der Waals surface area (Å²) in [6.45, 7) is -0.705. The first-order chi connectivity index (χ1) is 5.54. The molecule has 4 unspecified atom stereocenters. The lowest BCUT2D eigenvalue weighted by atomic mass is 10.0. The molecule has 7 heteroatoms. The summed E-state index contributed by atoms with van der Waals surface area (Å²) < 4.78 is 0. The lowest BCUT2D eigenvalue weighted by Gasteiger charge is -2.23. The fourth-order valence-corrected chi connectivity index (χ4v) is 0.644. The molecule has 0 heterocycles. The molecule has 0 aromatic rings. The molecular weight excluding hydrogens is 293 g/mol. The fraction of sp³-hybridized carbons (Fsp3) is 0.833. The van der Waals surface area contributed by atoms with Crippen molar-refractivity contribution < 1.29 is 25.2 Å². The summed E-state index contributed by atoms with van der Waals surface area (Å²) in [7, 11) is 0. The molecule has 0 saturated carbocycles. The molecule has 13 heavy (non-hydrogen) atoms. The summed E-state index contributed by atoms with van der Waals surface area (Å²) in [5.41, 5.74) is 5.04. The van der Waals surface area contributed by atoms with Crippen LogP contribution in [0, 0.1) is 0 Å². The van der Waals surface area contributed by atoms with Crippen LogP contribution in [0.3, 0.4) is 0 Å². The Morgan fingerprint density at radius 3 is 2.00 bits per heavy atom. The average Bonchev–Trinajstić information content (AvgIpc) is 2.12. The highest BCUT2D eigenvalue weighted by molar-refractivity contribution is 14.0. The van der Waals surface area contributed by atoms with E-state index in [1.54, 1.807) is 0 Å². The molecule has 0 aliphatic rings. The number of halogens is 1. The van der Waals surface area contributed by atoms with Crippen molar-refractivity contribution in [3.63, 3.8) is 0 Å². The minimum atomic E-state index is -1.62. The van der Waals surface area contributed by atoms with E-state index in [0.29, 0.717) is 0 Å². The third-order valence-corrected chi connectivity index (χ3v) is 1.48. The number of aliphatic hydroxyl groups excluding tert-OH is 4. The van der Waals surface area contributed by atoms with Crippen molar-refractivity contribution in [2.45, 2.75) is 24.4 Å². The first kappa shape index (κ1) is 15.7. The van der Waals surface area contributed by atoms with E-state index in [9.17, 15) is 4.79 Å². The monoisotopic (exact) mass is 307 g/mol. The highest BCUT2D eigenvalue weighted by Crippen LogP contribution is 2.01. The Labute approximate surface area is 92.4 Å². The van der Waals surface area contributed by atoms with E-state index >= 15 is 0 Å². The zero-order valence-corrected chi connectivity index (χ0v) is 9.11. The van der Waals surface area contributed by atoms with E-state index < -0.39 is 31.0 Å². The maximum Gasteiger partial charge on any atom is 0.139 e. The summed E-state index contributed by atoms with van der Waals surface area (Å²) in [4.78, 5) is 10.0. The molecule has 0 aromatic carbocycles. The summed E-state index contributed by atoms with van der Waals surface area (Å²) in [6, 6.07) is -1.26. The van der Waals surface area contributed by atoms with Gasteiger partial charge in [-0.05, 0) is 0 Å². The minimum Gasteiger partial charge on any atom is -0.394 e. The Bertz CT molecular complexity index is 147. The van der Waals surface area contributed by atoms with Crippen LogP contribution in [0.5, 0.6) is 0 Å². The zero-order valence-electron chi connectivity index (χ0n) is 6.78. The van der Waals surface area contributed by atoms with Crippen molar-refractivity contribution in [1.82, 2.24) is 0 Å². The molecular formula is C6H14INO5. The number of nitrogens with two attached hydrogens (primary N) is 1. The summed E-state index contributed by atoms with van der Waals surface area (Å²) in [5.74, 6) is 0. The van der Waals surface area contributed by atoms with Crippen LogP contribution in [0.1, 0.15) is 0 Å². The van der Waals surface area contributed by atoms with Crippen LogP contribution in [0.15, 0.2) is 0 Å². The molecule has 0 bridgehead atoms. The normalized spacial score (nSPS) is 19.5. The Morgan fingerprint density at radius 1 is 1.23 bits per heavy atom. The van der Waals surface area contributed by atoms with Gasteiger partial charge in [0.05, 0.1) is 12.6 Å². The fourth-order valence-electron chi connectivity index (χ4n) is 0.644. The molecule has 0 aliphatic carbocycles. The topological polar surface area (TPSA) is 124 Å². The number of carbonyl (C=O) groups is 1. The van der Waals surface area contributed by atoms with Crippen LogP contribution < -0.4 is 5.73 Å². The van der Waals surface area contributed by atoms with Crippen LogP contribution in [-0.2, 0) is 4.79 Å². The van der Waals surface area contributed by atoms with Crippen LogP contribution in [-0.4, -0.2) is 57.7 Å². The van der Waals surface area contributed by atoms with Crippen molar-refractivity contribution >= 4 is 30.3 Å². The van der Waals surface area contributed by atoms with Gasteiger partial charge in [0.15, 0.2) is 0 Å². The Morgan fingerprint density at radius 2 is 1.69 bits per heavy atom. The molecule has 0 rings (SSSR count). The number of carbonyl (C=O) groups excluding carboxylic acids is 1. The Hall–Kier alpha value is 0.200. The first-order valence-corrected chi connectivity index (χ1v) is 3.40. The zero-order chi connectivity index (χ0) is 9.72. The van der Waals surface area contributed by atoms with Crippen molar-refractivity contribution in [2.24, 2.45) is 5.73 Å². The lowest BCUT2D eigenvalue weighted by molar-refractivity contribution is -0.118. The molecule has 0 amide bonds. The Kier molecular flexibility index (Phi) is 9.14. The molecule has 6 nitrogen and oxygen atoms in total. The molecule has 4 atom stereocenters. The summed E-state index contributed by atoms with van der Waals surface area (Å²) >= 11 is 0. The van der Waals surface area contributed by atoms with E-state index in [1.807, 2.05) is 0 Å². The van der Waals surface area contributed by atoms with Gasteiger partial charge in [0, 0.05) is 0 Å². The second kappa shape index (κ2) is 7.59. The third kappa shape index (κ3) is 4.84. The van der Waals surface area contributed by atoms with Gasteiger partial charge in [-0.2, -0.15) is 0 Å². The second-order valence-electron chi connectivity index (χ2n) is 2.44. The van der Waals surface area contributed by atoms with Crippen molar-refractivity contribution in [3.05, 3.63) is 0 Å². The van der Waals surface area contributed by atoms with E-state index in [-0.39, 0.29) is 30.3 Å². The number of hydrogen-bond donors (Lipinski definition) is 5. The smallest absolute Gasteiger partial charge is 0.139 e. The molecule has 0 saturated heterocycles. The maximum atomic E-state index is 10.0. The predicted octanol–water partition coefficient (Wildman–Crippen LogP) is -2.79. The van der Waals surface area contributed by atoms with Gasteiger partial charge < -0.3 is 31.0 Å². The van der Waals surface area contributed by atoms with Gasteiger partial charge in [-0.25, -0.2) is 0 Å². The van der Waals surface area contributed by atoms with Crippen LogP contribution in [0.4, 0.5) is 0 Å². The van der Waals surface area contributed by atoms with E-state index in [1.165, 1.54) is 0 Å². The standard InChI is InChI=1S/C6H13NO5.HI/c7-3(1-8)5(11)6(12)4(10)2-9;/h1,3-6,9-12H,2,7H2;1H. The molecule has 80 valence electrons. The van der Waals surface area contributed by atoms with E-state index in [0.717, 1.165) is 0 Å². The highest BCUT2D eigenvalue weighted by atomic mass is 127. The van der Waals surface area contributed by atoms with Gasteiger partial charge in [0.25, 0.3) is 0 Å². The molecule has 0 aromatic heterocycles. The van der Waals surface area contributed by atoms with Gasteiger partial charge in [-0.15, -0.1) is 24.0 Å². The minimum absolute atomic E-state index is 0.